The highest BCUT2D eigenvalue weighted by molar-refractivity contribution is 7.80. The van der Waals surface area contributed by atoms with Crippen molar-refractivity contribution in [3.8, 4) is 11.4 Å². The molecular formula is C28H25ClN4O3S. The van der Waals surface area contributed by atoms with Crippen molar-refractivity contribution < 1.29 is 14.6 Å². The highest BCUT2D eigenvalue weighted by Gasteiger charge is 2.42. The van der Waals surface area contributed by atoms with E-state index in [4.69, 9.17) is 28.6 Å². The molecule has 3 heterocycles. The first-order valence-electron chi connectivity index (χ1n) is 11.7. The van der Waals surface area contributed by atoms with Crippen LogP contribution in [0.4, 0.5) is 5.69 Å². The van der Waals surface area contributed by atoms with Gasteiger partial charge in [0.05, 0.1) is 35.5 Å². The molecule has 0 unspecified atom stereocenters. The van der Waals surface area contributed by atoms with Crippen LogP contribution in [-0.4, -0.2) is 32.8 Å². The van der Waals surface area contributed by atoms with Crippen molar-refractivity contribution in [2.24, 2.45) is 0 Å². The lowest BCUT2D eigenvalue weighted by Gasteiger charge is -2.28. The Labute approximate surface area is 225 Å². The van der Waals surface area contributed by atoms with Crippen molar-refractivity contribution in [2.45, 2.75) is 25.9 Å². The fourth-order valence-corrected chi connectivity index (χ4v) is 5.61. The van der Waals surface area contributed by atoms with E-state index in [9.17, 15) is 9.90 Å². The number of hydrogen-bond donors (Lipinski definition) is 2. The largest absolute Gasteiger partial charge is 0.495 e. The SMILES string of the molecule is COc1ccc(N2C(=S)N[C@H](c3ccccn3)[C@H]2c2cc(C)n(-c3cccc(C(=O)O)c3)c2C)cc1Cl. The van der Waals surface area contributed by atoms with E-state index in [2.05, 4.69) is 25.8 Å². The number of aryl methyl sites for hydroxylation is 1. The Hall–Kier alpha value is -3.88. The summed E-state index contributed by atoms with van der Waals surface area (Å²) in [5.41, 5.74) is 5.67. The Kier molecular flexibility index (Phi) is 6.62. The van der Waals surface area contributed by atoms with Gasteiger partial charge in [-0.3, -0.25) is 4.98 Å². The van der Waals surface area contributed by atoms with Gasteiger partial charge in [-0.1, -0.05) is 23.7 Å². The molecule has 188 valence electrons. The Morgan fingerprint density at radius 3 is 2.57 bits per heavy atom. The monoisotopic (exact) mass is 532 g/mol. The van der Waals surface area contributed by atoms with E-state index in [1.807, 2.05) is 56.3 Å². The van der Waals surface area contributed by atoms with Gasteiger partial charge in [0.1, 0.15) is 5.75 Å². The first-order chi connectivity index (χ1) is 17.8. The van der Waals surface area contributed by atoms with E-state index in [0.29, 0.717) is 15.9 Å². The van der Waals surface area contributed by atoms with E-state index < -0.39 is 5.97 Å². The van der Waals surface area contributed by atoms with Crippen LogP contribution in [-0.2, 0) is 0 Å². The molecule has 0 spiro atoms. The molecular weight excluding hydrogens is 508 g/mol. The Bertz CT molecular complexity index is 1500. The predicted molar refractivity (Wildman–Crippen MR) is 148 cm³/mol. The number of pyridine rings is 1. The number of carbonyl (C=O) groups is 1. The maximum Gasteiger partial charge on any atom is 0.335 e. The maximum atomic E-state index is 11.6. The van der Waals surface area contributed by atoms with Crippen molar-refractivity contribution in [1.82, 2.24) is 14.9 Å². The predicted octanol–water partition coefficient (Wildman–Crippen LogP) is 6.03. The van der Waals surface area contributed by atoms with Crippen LogP contribution in [0, 0.1) is 13.8 Å². The average molecular weight is 533 g/mol. The topological polar surface area (TPSA) is 79.6 Å². The summed E-state index contributed by atoms with van der Waals surface area (Å²) in [5, 5.41) is 14.0. The molecule has 2 atom stereocenters. The van der Waals surface area contributed by atoms with E-state index in [0.717, 1.165) is 34.0 Å². The lowest BCUT2D eigenvalue weighted by Crippen LogP contribution is -2.29. The molecule has 0 radical (unpaired) electrons. The Morgan fingerprint density at radius 1 is 1.08 bits per heavy atom. The quantitative estimate of drug-likeness (QED) is 0.294. The van der Waals surface area contributed by atoms with E-state index in [-0.39, 0.29) is 17.6 Å². The van der Waals surface area contributed by atoms with Crippen LogP contribution >= 0.6 is 23.8 Å². The summed E-state index contributed by atoms with van der Waals surface area (Å²) in [4.78, 5) is 18.3. The lowest BCUT2D eigenvalue weighted by molar-refractivity contribution is 0.0697. The van der Waals surface area contributed by atoms with Crippen LogP contribution in [0.2, 0.25) is 5.02 Å². The average Bonchev–Trinajstić information content (AvgIpc) is 3.39. The first-order valence-corrected chi connectivity index (χ1v) is 12.5. The number of carboxylic acids is 1. The van der Waals surface area contributed by atoms with Gasteiger partial charge >= 0.3 is 5.97 Å². The van der Waals surface area contributed by atoms with Crippen LogP contribution < -0.4 is 15.0 Å². The summed E-state index contributed by atoms with van der Waals surface area (Å²) in [6.45, 7) is 4.04. The molecule has 2 aromatic heterocycles. The fraction of sp³-hybridized carbons (Fsp3) is 0.179. The third kappa shape index (κ3) is 4.43. The Balaban J connectivity index is 1.68. The van der Waals surface area contributed by atoms with Gasteiger partial charge < -0.3 is 24.6 Å². The van der Waals surface area contributed by atoms with Crippen molar-refractivity contribution in [2.75, 3.05) is 12.0 Å². The molecule has 1 fully saturated rings. The molecule has 9 heteroatoms. The number of ether oxygens (including phenoxy) is 1. The first kappa shape index (κ1) is 24.8. The number of nitrogens with one attached hydrogen (secondary N) is 1. The summed E-state index contributed by atoms with van der Waals surface area (Å²) in [5.74, 6) is -0.384. The second-order valence-corrected chi connectivity index (χ2v) is 9.63. The third-order valence-electron chi connectivity index (χ3n) is 6.65. The molecule has 5 rings (SSSR count). The smallest absolute Gasteiger partial charge is 0.335 e. The van der Waals surface area contributed by atoms with Gasteiger partial charge in [-0.25, -0.2) is 4.79 Å². The van der Waals surface area contributed by atoms with Crippen LogP contribution in [0.25, 0.3) is 5.69 Å². The summed E-state index contributed by atoms with van der Waals surface area (Å²) in [7, 11) is 1.58. The van der Waals surface area contributed by atoms with E-state index in [1.165, 1.54) is 0 Å². The number of aromatic carboxylic acids is 1. The van der Waals surface area contributed by atoms with Crippen molar-refractivity contribution in [1.29, 1.82) is 0 Å². The zero-order chi connectivity index (χ0) is 26.3. The molecule has 0 amide bonds. The van der Waals surface area contributed by atoms with Crippen molar-refractivity contribution >= 4 is 40.6 Å². The van der Waals surface area contributed by atoms with Gasteiger partial charge in [-0.05, 0) is 86.2 Å². The molecule has 0 aliphatic carbocycles. The number of thiocarbonyl (C=S) groups is 1. The summed E-state index contributed by atoms with van der Waals surface area (Å²) >= 11 is 12.3. The number of anilines is 1. The highest BCUT2D eigenvalue weighted by Crippen LogP contribution is 2.45. The van der Waals surface area contributed by atoms with Gasteiger partial charge in [0, 0.05) is 29.0 Å². The Morgan fingerprint density at radius 2 is 1.89 bits per heavy atom. The van der Waals surface area contributed by atoms with Crippen molar-refractivity contribution in [3.05, 3.63) is 106 Å². The zero-order valence-electron chi connectivity index (χ0n) is 20.5. The second-order valence-electron chi connectivity index (χ2n) is 8.83. The van der Waals surface area contributed by atoms with Crippen LogP contribution in [0.15, 0.2) is 72.9 Å². The zero-order valence-corrected chi connectivity index (χ0v) is 22.0. The number of hydrogen-bond acceptors (Lipinski definition) is 4. The number of aromatic nitrogens is 2. The molecule has 37 heavy (non-hydrogen) atoms. The number of carboxylic acid groups (broad SMARTS) is 1. The molecule has 2 aromatic carbocycles. The van der Waals surface area contributed by atoms with Crippen molar-refractivity contribution in [3.63, 3.8) is 0 Å². The van der Waals surface area contributed by atoms with Crippen LogP contribution in [0.3, 0.4) is 0 Å². The minimum absolute atomic E-state index is 0.228. The minimum Gasteiger partial charge on any atom is -0.495 e. The summed E-state index contributed by atoms with van der Waals surface area (Å²) in [6, 6.07) is 20.0. The lowest BCUT2D eigenvalue weighted by atomic mass is 9.96. The number of nitrogens with zero attached hydrogens (tertiary/aromatic N) is 3. The van der Waals surface area contributed by atoms with Gasteiger partial charge in [0.2, 0.25) is 0 Å². The number of rotatable bonds is 6. The van der Waals surface area contributed by atoms with E-state index >= 15 is 0 Å². The van der Waals surface area contributed by atoms with Gasteiger partial charge in [-0.2, -0.15) is 0 Å². The molecule has 0 bridgehead atoms. The number of halogens is 1. The van der Waals surface area contributed by atoms with Gasteiger partial charge in [0.15, 0.2) is 5.11 Å². The minimum atomic E-state index is -0.965. The molecule has 2 N–H and O–H groups in total. The van der Waals surface area contributed by atoms with Crippen LogP contribution in [0.1, 0.15) is 45.1 Å². The highest BCUT2D eigenvalue weighted by atomic mass is 35.5. The molecule has 4 aromatic rings. The number of benzene rings is 2. The number of methoxy groups -OCH3 is 1. The summed E-state index contributed by atoms with van der Waals surface area (Å²) < 4.78 is 7.42. The molecule has 7 nitrogen and oxygen atoms in total. The maximum absolute atomic E-state index is 11.6. The normalized spacial score (nSPS) is 17.1. The molecule has 1 aliphatic heterocycles. The fourth-order valence-electron chi connectivity index (χ4n) is 5.02. The second kappa shape index (κ2) is 9.88. The standard InChI is InChI=1S/C28H25ClN4O3S/c1-16-13-21(17(2)32(16)19-8-6-7-18(14-19)27(34)35)26-25(23-9-4-5-12-30-23)31-28(37)33(26)20-10-11-24(36-3)22(29)15-20/h4-15,25-26H,1-3H3,(H,31,37)(H,34,35)/t25-,26-/m1/s1. The molecule has 1 aliphatic rings. The van der Waals surface area contributed by atoms with Gasteiger partial charge in [-0.15, -0.1) is 0 Å². The van der Waals surface area contributed by atoms with Crippen LogP contribution in [0.5, 0.6) is 5.75 Å². The summed E-state index contributed by atoms with van der Waals surface area (Å²) in [6.07, 6.45) is 1.77. The third-order valence-corrected chi connectivity index (χ3v) is 7.26. The van der Waals surface area contributed by atoms with E-state index in [1.54, 1.807) is 31.5 Å². The molecule has 0 saturated carbocycles. The van der Waals surface area contributed by atoms with Gasteiger partial charge in [0.25, 0.3) is 0 Å². The molecule has 1 saturated heterocycles.